The molecule has 1 aromatic carbocycles. The highest BCUT2D eigenvalue weighted by atomic mass is 16.4. The van der Waals surface area contributed by atoms with Gasteiger partial charge in [0.05, 0.1) is 0 Å². The molecule has 2 aromatic heterocycles. The van der Waals surface area contributed by atoms with E-state index in [0.29, 0.717) is 0 Å². The molecule has 2 aliphatic rings. The van der Waals surface area contributed by atoms with Crippen LogP contribution in [0, 0.1) is 0 Å². The summed E-state index contributed by atoms with van der Waals surface area (Å²) in [5, 5.41) is 8.90. The SMILES string of the molecule is CB(Oc1cc(-n2cccn2)c(OB(C)C2C=CC=C2)cc1-n1cccn1)C1C=CC=C1. The smallest absolute Gasteiger partial charge is 0.365 e. The summed E-state index contributed by atoms with van der Waals surface area (Å²) >= 11 is 0. The Labute approximate surface area is 188 Å². The molecule has 0 unspecified atom stereocenters. The molecule has 0 bridgehead atoms. The molecule has 6 nitrogen and oxygen atoms in total. The molecule has 3 aromatic rings. The molecule has 158 valence electrons. The molecule has 0 fully saturated rings. The molecule has 0 spiro atoms. The maximum absolute atomic E-state index is 6.47. The second-order valence-electron chi connectivity index (χ2n) is 8.03. The van der Waals surface area contributed by atoms with E-state index >= 15 is 0 Å². The first kappa shape index (κ1) is 20.2. The number of rotatable bonds is 8. The molecule has 8 heteroatoms. The van der Waals surface area contributed by atoms with E-state index in [0.717, 1.165) is 22.9 Å². The van der Waals surface area contributed by atoms with Gasteiger partial charge in [0, 0.05) is 48.6 Å². The first-order valence-corrected chi connectivity index (χ1v) is 10.9. The normalized spacial score (nSPS) is 15.1. The molecule has 2 heterocycles. The highest BCUT2D eigenvalue weighted by Gasteiger charge is 2.27. The number of allylic oxidation sites excluding steroid dienone is 8. The molecular formula is C24H24B2N4O2. The molecule has 0 atom stereocenters. The topological polar surface area (TPSA) is 54.1 Å². The van der Waals surface area contributed by atoms with Crippen molar-refractivity contribution in [2.45, 2.75) is 25.3 Å². The third kappa shape index (κ3) is 4.08. The minimum atomic E-state index is -0.0377. The van der Waals surface area contributed by atoms with Crippen molar-refractivity contribution >= 4 is 13.8 Å². The maximum atomic E-state index is 6.47. The van der Waals surface area contributed by atoms with Crippen LogP contribution in [0.15, 0.2) is 97.7 Å². The van der Waals surface area contributed by atoms with Gasteiger partial charge >= 0.3 is 13.8 Å². The second kappa shape index (κ2) is 8.83. The van der Waals surface area contributed by atoms with Crippen LogP contribution in [0.2, 0.25) is 25.3 Å². The van der Waals surface area contributed by atoms with Crippen LogP contribution >= 0.6 is 0 Å². The van der Waals surface area contributed by atoms with Gasteiger partial charge in [0.2, 0.25) is 0 Å². The fourth-order valence-electron chi connectivity index (χ4n) is 3.99. The summed E-state index contributed by atoms with van der Waals surface area (Å²) in [6, 6.07) is 7.78. The zero-order valence-electron chi connectivity index (χ0n) is 18.2. The number of benzene rings is 1. The van der Waals surface area contributed by atoms with Crippen LogP contribution in [-0.2, 0) is 0 Å². The lowest BCUT2D eigenvalue weighted by atomic mass is 9.58. The van der Waals surface area contributed by atoms with E-state index in [4.69, 9.17) is 9.31 Å². The van der Waals surface area contributed by atoms with E-state index in [1.165, 1.54) is 0 Å². The standard InChI is InChI=1S/C24H24B2N4O2/c1-25(19-9-3-4-10-19)31-23-17-22(30-16-8-14-28-30)24(18-21(23)29-15-7-13-27-29)32-26(2)20-11-5-6-12-20/h3-20H,1-2H3. The van der Waals surface area contributed by atoms with E-state index < -0.39 is 0 Å². The summed E-state index contributed by atoms with van der Waals surface area (Å²) in [6.45, 7) is 4.08. The molecule has 5 rings (SSSR count). The molecule has 0 amide bonds. The minimum absolute atomic E-state index is 0.0377. The largest absolute Gasteiger partial charge is 0.559 e. The zero-order valence-corrected chi connectivity index (χ0v) is 18.2. The summed E-state index contributed by atoms with van der Waals surface area (Å²) < 4.78 is 16.6. The lowest BCUT2D eigenvalue weighted by Gasteiger charge is -2.23. The maximum Gasteiger partial charge on any atom is 0.365 e. The van der Waals surface area contributed by atoms with Crippen LogP contribution in [0.4, 0.5) is 0 Å². The lowest BCUT2D eigenvalue weighted by molar-refractivity contribution is 0.542. The number of hydrogen-bond donors (Lipinski definition) is 0. The van der Waals surface area contributed by atoms with Crippen molar-refractivity contribution in [3.8, 4) is 22.9 Å². The van der Waals surface area contributed by atoms with Crippen LogP contribution in [0.25, 0.3) is 11.4 Å². The third-order valence-electron chi connectivity index (χ3n) is 5.81. The van der Waals surface area contributed by atoms with Crippen molar-refractivity contribution in [2.75, 3.05) is 0 Å². The van der Waals surface area contributed by atoms with E-state index in [1.807, 2.05) is 46.0 Å². The van der Waals surface area contributed by atoms with Crippen LogP contribution in [-0.4, -0.2) is 33.4 Å². The van der Waals surface area contributed by atoms with Crippen molar-refractivity contribution in [3.05, 3.63) is 97.7 Å². The van der Waals surface area contributed by atoms with Crippen molar-refractivity contribution < 1.29 is 9.31 Å². The van der Waals surface area contributed by atoms with Gasteiger partial charge in [-0.25, -0.2) is 9.36 Å². The van der Waals surface area contributed by atoms with Crippen molar-refractivity contribution in [3.63, 3.8) is 0 Å². The lowest BCUT2D eigenvalue weighted by Crippen LogP contribution is -2.24. The Kier molecular flexibility index (Phi) is 5.58. The quantitative estimate of drug-likeness (QED) is 0.477. The third-order valence-corrected chi connectivity index (χ3v) is 5.81. The van der Waals surface area contributed by atoms with Crippen molar-refractivity contribution in [2.24, 2.45) is 0 Å². The van der Waals surface area contributed by atoms with E-state index in [1.54, 1.807) is 12.4 Å². The van der Waals surface area contributed by atoms with Gasteiger partial charge in [0.15, 0.2) is 0 Å². The Morgan fingerprint density at radius 3 is 1.44 bits per heavy atom. The Hall–Kier alpha value is -3.67. The Morgan fingerprint density at radius 1 is 0.688 bits per heavy atom. The summed E-state index contributed by atoms with van der Waals surface area (Å²) in [6.07, 6.45) is 24.1. The number of nitrogens with zero attached hydrogens (tertiary/aromatic N) is 4. The predicted octanol–water partition coefficient (Wildman–Crippen LogP) is 5.05. The first-order chi connectivity index (χ1) is 15.7. The summed E-state index contributed by atoms with van der Waals surface area (Å²) in [5.41, 5.74) is 1.65. The summed E-state index contributed by atoms with van der Waals surface area (Å²) in [5.74, 6) is 1.90. The summed E-state index contributed by atoms with van der Waals surface area (Å²) in [4.78, 5) is 0. The minimum Gasteiger partial charge on any atom is -0.559 e. The molecule has 0 saturated heterocycles. The van der Waals surface area contributed by atoms with Crippen molar-refractivity contribution in [1.82, 2.24) is 19.6 Å². The van der Waals surface area contributed by atoms with Gasteiger partial charge < -0.3 is 9.31 Å². The van der Waals surface area contributed by atoms with Gasteiger partial charge in [0.25, 0.3) is 0 Å². The molecule has 0 radical (unpaired) electrons. The highest BCUT2D eigenvalue weighted by Crippen LogP contribution is 2.37. The predicted molar refractivity (Wildman–Crippen MR) is 129 cm³/mol. The van der Waals surface area contributed by atoms with Crippen molar-refractivity contribution in [1.29, 1.82) is 0 Å². The molecule has 0 N–H and O–H groups in total. The number of hydrogen-bond acceptors (Lipinski definition) is 4. The van der Waals surface area contributed by atoms with Gasteiger partial charge in [-0.1, -0.05) is 48.6 Å². The molecular weight excluding hydrogens is 398 g/mol. The second-order valence-corrected chi connectivity index (χ2v) is 8.03. The van der Waals surface area contributed by atoms with Crippen LogP contribution < -0.4 is 9.31 Å². The monoisotopic (exact) mass is 422 g/mol. The first-order valence-electron chi connectivity index (χ1n) is 10.9. The van der Waals surface area contributed by atoms with Crippen LogP contribution in [0.3, 0.4) is 0 Å². The average molecular weight is 422 g/mol. The fraction of sp³-hybridized carbons (Fsp3) is 0.167. The van der Waals surface area contributed by atoms with Crippen LogP contribution in [0.1, 0.15) is 0 Å². The molecule has 0 aliphatic heterocycles. The number of aromatic nitrogens is 4. The zero-order chi connectivity index (χ0) is 21.9. The van der Waals surface area contributed by atoms with Gasteiger partial charge in [-0.2, -0.15) is 10.2 Å². The van der Waals surface area contributed by atoms with E-state index in [9.17, 15) is 0 Å². The van der Waals surface area contributed by atoms with E-state index in [2.05, 4.69) is 72.5 Å². The molecule has 0 saturated carbocycles. The molecule has 2 aliphatic carbocycles. The Bertz CT molecular complexity index is 1070. The van der Waals surface area contributed by atoms with Crippen LogP contribution in [0.5, 0.6) is 11.5 Å². The van der Waals surface area contributed by atoms with E-state index in [-0.39, 0.29) is 25.5 Å². The van der Waals surface area contributed by atoms with Gasteiger partial charge in [-0.15, -0.1) is 0 Å². The van der Waals surface area contributed by atoms with Gasteiger partial charge in [0.1, 0.15) is 22.9 Å². The van der Waals surface area contributed by atoms with Gasteiger partial charge in [-0.05, 0) is 25.8 Å². The molecule has 32 heavy (non-hydrogen) atoms. The summed E-state index contributed by atoms with van der Waals surface area (Å²) in [7, 11) is 0. The Morgan fingerprint density at radius 2 is 1.09 bits per heavy atom. The average Bonchev–Trinajstić information content (AvgIpc) is 3.60. The fourth-order valence-corrected chi connectivity index (χ4v) is 3.99. The van der Waals surface area contributed by atoms with Gasteiger partial charge in [-0.3, -0.25) is 0 Å². The Balaban J connectivity index is 1.57. The highest BCUT2D eigenvalue weighted by molar-refractivity contribution is 6.55.